The van der Waals surface area contributed by atoms with Crippen LogP contribution in [0.1, 0.15) is 30.8 Å². The van der Waals surface area contributed by atoms with E-state index >= 15 is 0 Å². The summed E-state index contributed by atoms with van der Waals surface area (Å²) in [4.78, 5) is 18.5. The third-order valence-electron chi connectivity index (χ3n) is 4.63. The first kappa shape index (κ1) is 20.7. The van der Waals surface area contributed by atoms with Crippen molar-refractivity contribution >= 4 is 40.7 Å². The van der Waals surface area contributed by atoms with Crippen molar-refractivity contribution in [2.45, 2.75) is 25.8 Å². The van der Waals surface area contributed by atoms with Gasteiger partial charge in [0.1, 0.15) is 0 Å². The van der Waals surface area contributed by atoms with Gasteiger partial charge in [0, 0.05) is 35.5 Å². The molecule has 0 spiro atoms. The lowest BCUT2D eigenvalue weighted by Crippen LogP contribution is -2.29. The van der Waals surface area contributed by atoms with Crippen LogP contribution in [0.2, 0.25) is 15.1 Å². The fourth-order valence-electron chi connectivity index (χ4n) is 2.81. The van der Waals surface area contributed by atoms with Crippen LogP contribution in [0.4, 0.5) is 0 Å². The number of rotatable bonds is 6. The Morgan fingerprint density at radius 3 is 2.46 bits per heavy atom. The molecule has 146 valence electrons. The van der Waals surface area contributed by atoms with Crippen LogP contribution in [0, 0.1) is 0 Å². The standard InChI is InChI=1S/C21H19Cl3N2O2/c1-13(14-3-5-15(22)6-4-14)26(2)21(27)10-9-20-25-12-19(28-20)17-8-7-16(23)11-18(17)24/h3-8,11-13H,9-10H2,1-2H3/t13-/m1/s1. The van der Waals surface area contributed by atoms with Crippen LogP contribution < -0.4 is 0 Å². The number of amides is 1. The first-order valence-electron chi connectivity index (χ1n) is 8.76. The molecule has 3 aromatic rings. The Balaban J connectivity index is 1.61. The Hall–Kier alpha value is -2.01. The number of benzene rings is 2. The molecule has 0 aliphatic rings. The fourth-order valence-corrected chi connectivity index (χ4v) is 3.44. The van der Waals surface area contributed by atoms with Gasteiger partial charge in [0.2, 0.25) is 5.91 Å². The van der Waals surface area contributed by atoms with Crippen LogP contribution in [0.5, 0.6) is 0 Å². The Bertz CT molecular complexity index is 970. The van der Waals surface area contributed by atoms with Crippen molar-refractivity contribution in [3.05, 3.63) is 75.2 Å². The second-order valence-electron chi connectivity index (χ2n) is 6.47. The van der Waals surface area contributed by atoms with E-state index in [9.17, 15) is 4.79 Å². The molecule has 1 heterocycles. The molecule has 28 heavy (non-hydrogen) atoms. The molecule has 1 amide bonds. The average Bonchev–Trinajstić information content (AvgIpc) is 3.14. The van der Waals surface area contributed by atoms with Gasteiger partial charge in [0.15, 0.2) is 11.7 Å². The van der Waals surface area contributed by atoms with Crippen molar-refractivity contribution in [2.24, 2.45) is 0 Å². The summed E-state index contributed by atoms with van der Waals surface area (Å²) in [6, 6.07) is 12.6. The van der Waals surface area contributed by atoms with Gasteiger partial charge in [-0.1, -0.05) is 46.9 Å². The highest BCUT2D eigenvalue weighted by Gasteiger charge is 2.18. The molecule has 2 aromatic carbocycles. The molecule has 7 heteroatoms. The summed E-state index contributed by atoms with van der Waals surface area (Å²) in [5, 5.41) is 1.71. The highest BCUT2D eigenvalue weighted by Crippen LogP contribution is 2.31. The predicted octanol–water partition coefficient (Wildman–Crippen LogP) is 6.45. The number of oxazole rings is 1. The lowest BCUT2D eigenvalue weighted by molar-refractivity contribution is -0.131. The summed E-state index contributed by atoms with van der Waals surface area (Å²) in [5.41, 5.74) is 1.74. The van der Waals surface area contributed by atoms with E-state index in [1.54, 1.807) is 36.3 Å². The monoisotopic (exact) mass is 436 g/mol. The van der Waals surface area contributed by atoms with Crippen molar-refractivity contribution in [1.29, 1.82) is 0 Å². The normalized spacial score (nSPS) is 12.0. The quantitative estimate of drug-likeness (QED) is 0.445. The van der Waals surface area contributed by atoms with Crippen LogP contribution in [-0.4, -0.2) is 22.8 Å². The Morgan fingerprint density at radius 1 is 1.11 bits per heavy atom. The average molecular weight is 438 g/mol. The second-order valence-corrected chi connectivity index (χ2v) is 7.75. The summed E-state index contributed by atoms with van der Waals surface area (Å²) in [5.74, 6) is 1.04. The molecule has 0 aliphatic carbocycles. The first-order chi connectivity index (χ1) is 13.3. The summed E-state index contributed by atoms with van der Waals surface area (Å²) < 4.78 is 5.75. The van der Waals surface area contributed by atoms with Crippen molar-refractivity contribution in [3.8, 4) is 11.3 Å². The molecule has 0 aliphatic heterocycles. The number of hydrogen-bond acceptors (Lipinski definition) is 3. The molecule has 3 rings (SSSR count). The number of carbonyl (C=O) groups is 1. The van der Waals surface area contributed by atoms with Crippen LogP contribution in [0.15, 0.2) is 53.1 Å². The Labute approximate surface area is 179 Å². The lowest BCUT2D eigenvalue weighted by Gasteiger charge is -2.25. The van der Waals surface area contributed by atoms with Gasteiger partial charge in [0.05, 0.1) is 17.3 Å². The van der Waals surface area contributed by atoms with Crippen molar-refractivity contribution in [2.75, 3.05) is 7.05 Å². The van der Waals surface area contributed by atoms with Gasteiger partial charge in [-0.2, -0.15) is 0 Å². The van der Waals surface area contributed by atoms with E-state index in [2.05, 4.69) is 4.98 Å². The maximum Gasteiger partial charge on any atom is 0.223 e. The van der Waals surface area contributed by atoms with E-state index in [4.69, 9.17) is 39.2 Å². The number of aryl methyl sites for hydroxylation is 1. The minimum Gasteiger partial charge on any atom is -0.441 e. The predicted molar refractivity (Wildman–Crippen MR) is 113 cm³/mol. The van der Waals surface area contributed by atoms with E-state index in [0.717, 1.165) is 5.56 Å². The van der Waals surface area contributed by atoms with Gasteiger partial charge < -0.3 is 9.32 Å². The number of halogens is 3. The number of aromatic nitrogens is 1. The fraction of sp³-hybridized carbons (Fsp3) is 0.238. The number of hydrogen-bond donors (Lipinski definition) is 0. The van der Waals surface area contributed by atoms with Gasteiger partial charge in [-0.3, -0.25) is 4.79 Å². The molecule has 1 atom stereocenters. The summed E-state index contributed by atoms with van der Waals surface area (Å²) in [6.07, 6.45) is 2.30. The minimum absolute atomic E-state index is 0.00623. The van der Waals surface area contributed by atoms with Gasteiger partial charge in [-0.15, -0.1) is 0 Å². The molecule has 0 saturated carbocycles. The van der Waals surface area contributed by atoms with Gasteiger partial charge in [0.25, 0.3) is 0 Å². The largest absolute Gasteiger partial charge is 0.441 e. The Kier molecular flexibility index (Phi) is 6.65. The maximum absolute atomic E-state index is 12.6. The zero-order chi connectivity index (χ0) is 20.3. The number of nitrogens with zero attached hydrogens (tertiary/aromatic N) is 2. The van der Waals surface area contributed by atoms with Crippen molar-refractivity contribution < 1.29 is 9.21 Å². The van der Waals surface area contributed by atoms with Crippen molar-refractivity contribution in [3.63, 3.8) is 0 Å². The molecule has 0 radical (unpaired) electrons. The topological polar surface area (TPSA) is 46.3 Å². The third kappa shape index (κ3) is 4.88. The zero-order valence-corrected chi connectivity index (χ0v) is 17.7. The first-order valence-corrected chi connectivity index (χ1v) is 9.90. The lowest BCUT2D eigenvalue weighted by atomic mass is 10.1. The highest BCUT2D eigenvalue weighted by molar-refractivity contribution is 6.36. The molecule has 0 fully saturated rings. The molecular formula is C21H19Cl3N2O2. The molecule has 0 saturated heterocycles. The number of carbonyl (C=O) groups excluding carboxylic acids is 1. The molecule has 0 unspecified atom stereocenters. The van der Waals surface area contributed by atoms with Gasteiger partial charge in [-0.25, -0.2) is 4.98 Å². The molecule has 1 aromatic heterocycles. The second kappa shape index (κ2) is 8.99. The van der Waals surface area contributed by atoms with Crippen molar-refractivity contribution in [1.82, 2.24) is 9.88 Å². The van der Waals surface area contributed by atoms with E-state index in [-0.39, 0.29) is 11.9 Å². The molecule has 0 bridgehead atoms. The van der Waals surface area contributed by atoms with E-state index in [1.807, 2.05) is 31.2 Å². The van der Waals surface area contributed by atoms with Gasteiger partial charge in [-0.05, 0) is 42.8 Å². The third-order valence-corrected chi connectivity index (χ3v) is 5.43. The summed E-state index contributed by atoms with van der Waals surface area (Å²) in [6.45, 7) is 1.98. The smallest absolute Gasteiger partial charge is 0.223 e. The van der Waals surface area contributed by atoms with E-state index in [1.165, 1.54) is 0 Å². The molecule has 4 nitrogen and oxygen atoms in total. The minimum atomic E-state index is -0.0576. The van der Waals surface area contributed by atoms with Crippen LogP contribution in [0.3, 0.4) is 0 Å². The summed E-state index contributed by atoms with van der Waals surface area (Å²) in [7, 11) is 1.79. The van der Waals surface area contributed by atoms with Gasteiger partial charge >= 0.3 is 0 Å². The molecule has 0 N–H and O–H groups in total. The van der Waals surface area contributed by atoms with Crippen LogP contribution in [0.25, 0.3) is 11.3 Å². The van der Waals surface area contributed by atoms with Crippen LogP contribution >= 0.6 is 34.8 Å². The Morgan fingerprint density at radius 2 is 1.79 bits per heavy atom. The van der Waals surface area contributed by atoms with E-state index in [0.29, 0.717) is 45.1 Å². The molecular weight excluding hydrogens is 419 g/mol. The maximum atomic E-state index is 12.6. The summed E-state index contributed by atoms with van der Waals surface area (Å²) >= 11 is 18.1. The SMILES string of the molecule is C[C@H](c1ccc(Cl)cc1)N(C)C(=O)CCc1ncc(-c2ccc(Cl)cc2Cl)o1. The van der Waals surface area contributed by atoms with E-state index < -0.39 is 0 Å². The highest BCUT2D eigenvalue weighted by atomic mass is 35.5. The zero-order valence-electron chi connectivity index (χ0n) is 15.5. The van der Waals surface area contributed by atoms with Crippen LogP contribution in [-0.2, 0) is 11.2 Å².